The Labute approximate surface area is 83.5 Å². The highest BCUT2D eigenvalue weighted by Gasteiger charge is 2.29. The quantitative estimate of drug-likeness (QED) is 0.650. The lowest BCUT2D eigenvalue weighted by atomic mass is 9.87. The Hall–Kier alpha value is -0.0400. The van der Waals surface area contributed by atoms with E-state index in [2.05, 4.69) is 39.5 Å². The minimum Gasteiger partial charge on any atom is -0.302 e. The van der Waals surface area contributed by atoms with Gasteiger partial charge in [0.1, 0.15) is 0 Å². The van der Waals surface area contributed by atoms with E-state index in [0.29, 0.717) is 5.41 Å². The Morgan fingerprint density at radius 3 is 2.15 bits per heavy atom. The summed E-state index contributed by atoms with van der Waals surface area (Å²) in [5.74, 6) is 1.86. The van der Waals surface area contributed by atoms with Gasteiger partial charge in [0.05, 0.1) is 0 Å². The smallest absolute Gasteiger partial charge is 0.00303 e. The molecule has 0 bridgehead atoms. The van der Waals surface area contributed by atoms with Crippen LogP contribution in [0, 0.1) is 17.3 Å². The van der Waals surface area contributed by atoms with E-state index in [0.717, 1.165) is 11.8 Å². The topological polar surface area (TPSA) is 3.24 Å². The molecule has 1 heteroatoms. The standard InChI is InChI=1S/C12H25N/c1-10(2)6-11-7-13(8-11)9-12(3,4)5/h10-11H,6-9H2,1-5H3. The predicted octanol–water partition coefficient (Wildman–Crippen LogP) is 3.01. The maximum Gasteiger partial charge on any atom is 0.00303 e. The molecule has 1 rings (SSSR count). The Morgan fingerprint density at radius 2 is 1.77 bits per heavy atom. The summed E-state index contributed by atoms with van der Waals surface area (Å²) in [4.78, 5) is 2.59. The van der Waals surface area contributed by atoms with Gasteiger partial charge in [0.15, 0.2) is 0 Å². The van der Waals surface area contributed by atoms with E-state index >= 15 is 0 Å². The van der Waals surface area contributed by atoms with E-state index in [1.54, 1.807) is 0 Å². The highest BCUT2D eigenvalue weighted by Crippen LogP contribution is 2.26. The molecule has 1 nitrogen and oxygen atoms in total. The first-order valence-corrected chi connectivity index (χ1v) is 5.59. The van der Waals surface area contributed by atoms with Crippen LogP contribution >= 0.6 is 0 Å². The maximum atomic E-state index is 2.59. The van der Waals surface area contributed by atoms with E-state index < -0.39 is 0 Å². The van der Waals surface area contributed by atoms with Crippen LogP contribution in [0.25, 0.3) is 0 Å². The lowest BCUT2D eigenvalue weighted by Crippen LogP contribution is -2.50. The van der Waals surface area contributed by atoms with Crippen LogP contribution in [0.4, 0.5) is 0 Å². The molecule has 0 amide bonds. The number of hydrogen-bond donors (Lipinski definition) is 0. The first kappa shape index (κ1) is 11.0. The third-order valence-corrected chi connectivity index (χ3v) is 2.54. The van der Waals surface area contributed by atoms with Gasteiger partial charge in [0.2, 0.25) is 0 Å². The van der Waals surface area contributed by atoms with Crippen LogP contribution in [0.1, 0.15) is 41.0 Å². The molecule has 0 unspecified atom stereocenters. The molecule has 0 aromatic rings. The SMILES string of the molecule is CC(C)CC1CN(CC(C)(C)C)C1. The molecule has 1 aliphatic rings. The summed E-state index contributed by atoms with van der Waals surface area (Å²) in [5.41, 5.74) is 0.475. The molecule has 0 aromatic carbocycles. The van der Waals surface area contributed by atoms with Crippen molar-refractivity contribution in [2.45, 2.75) is 41.0 Å². The van der Waals surface area contributed by atoms with Crippen molar-refractivity contribution >= 4 is 0 Å². The summed E-state index contributed by atoms with van der Waals surface area (Å²) < 4.78 is 0. The van der Waals surface area contributed by atoms with E-state index in [1.165, 1.54) is 26.1 Å². The first-order chi connectivity index (χ1) is 5.87. The van der Waals surface area contributed by atoms with Crippen LogP contribution in [-0.2, 0) is 0 Å². The summed E-state index contributed by atoms with van der Waals surface area (Å²) >= 11 is 0. The molecule has 0 atom stereocenters. The second kappa shape index (κ2) is 4.00. The van der Waals surface area contributed by atoms with E-state index in [9.17, 15) is 0 Å². The molecular weight excluding hydrogens is 158 g/mol. The van der Waals surface area contributed by atoms with Crippen LogP contribution in [0.5, 0.6) is 0 Å². The fourth-order valence-electron chi connectivity index (χ4n) is 2.29. The molecule has 1 fully saturated rings. The minimum atomic E-state index is 0.475. The molecule has 0 saturated carbocycles. The van der Waals surface area contributed by atoms with Crippen LogP contribution in [0.15, 0.2) is 0 Å². The fraction of sp³-hybridized carbons (Fsp3) is 1.00. The van der Waals surface area contributed by atoms with Gasteiger partial charge >= 0.3 is 0 Å². The van der Waals surface area contributed by atoms with Gasteiger partial charge in [-0.3, -0.25) is 0 Å². The second-order valence-corrected chi connectivity index (χ2v) is 6.25. The zero-order valence-corrected chi connectivity index (χ0v) is 9.93. The van der Waals surface area contributed by atoms with Crippen molar-refractivity contribution in [3.8, 4) is 0 Å². The number of nitrogens with zero attached hydrogens (tertiary/aromatic N) is 1. The predicted molar refractivity (Wildman–Crippen MR) is 58.8 cm³/mol. The van der Waals surface area contributed by atoms with Gasteiger partial charge in [-0.05, 0) is 23.7 Å². The molecule has 13 heavy (non-hydrogen) atoms. The van der Waals surface area contributed by atoms with Crippen molar-refractivity contribution in [2.75, 3.05) is 19.6 Å². The molecule has 1 saturated heterocycles. The number of likely N-dealkylation sites (tertiary alicyclic amines) is 1. The summed E-state index contributed by atoms with van der Waals surface area (Å²) in [7, 11) is 0. The fourth-order valence-corrected chi connectivity index (χ4v) is 2.29. The Kier molecular flexibility index (Phi) is 3.39. The van der Waals surface area contributed by atoms with Crippen molar-refractivity contribution in [1.82, 2.24) is 4.90 Å². The Morgan fingerprint density at radius 1 is 1.23 bits per heavy atom. The molecular formula is C12H25N. The summed E-state index contributed by atoms with van der Waals surface area (Å²) in [6.07, 6.45) is 1.42. The lowest BCUT2D eigenvalue weighted by molar-refractivity contribution is 0.0529. The molecule has 0 aliphatic carbocycles. The average Bonchev–Trinajstić information content (AvgIpc) is 1.78. The highest BCUT2D eigenvalue weighted by atomic mass is 15.2. The summed E-state index contributed by atoms with van der Waals surface area (Å²) in [6.45, 7) is 15.6. The molecule has 0 radical (unpaired) electrons. The first-order valence-electron chi connectivity index (χ1n) is 5.59. The maximum absolute atomic E-state index is 2.59. The van der Waals surface area contributed by atoms with Crippen molar-refractivity contribution in [1.29, 1.82) is 0 Å². The van der Waals surface area contributed by atoms with Crippen LogP contribution < -0.4 is 0 Å². The van der Waals surface area contributed by atoms with Crippen molar-refractivity contribution in [2.24, 2.45) is 17.3 Å². The lowest BCUT2D eigenvalue weighted by Gasteiger charge is -2.43. The molecule has 1 heterocycles. The van der Waals surface area contributed by atoms with Crippen molar-refractivity contribution in [3.63, 3.8) is 0 Å². The van der Waals surface area contributed by atoms with E-state index in [1.807, 2.05) is 0 Å². The van der Waals surface area contributed by atoms with Crippen molar-refractivity contribution < 1.29 is 0 Å². The monoisotopic (exact) mass is 183 g/mol. The largest absolute Gasteiger partial charge is 0.302 e. The molecule has 0 aromatic heterocycles. The van der Waals surface area contributed by atoms with Gasteiger partial charge in [-0.15, -0.1) is 0 Å². The zero-order valence-electron chi connectivity index (χ0n) is 9.93. The van der Waals surface area contributed by atoms with Gasteiger partial charge in [-0.25, -0.2) is 0 Å². The normalized spacial score (nSPS) is 20.8. The van der Waals surface area contributed by atoms with Gasteiger partial charge < -0.3 is 4.90 Å². The van der Waals surface area contributed by atoms with Crippen molar-refractivity contribution in [3.05, 3.63) is 0 Å². The van der Waals surface area contributed by atoms with E-state index in [4.69, 9.17) is 0 Å². The number of hydrogen-bond acceptors (Lipinski definition) is 1. The average molecular weight is 183 g/mol. The summed E-state index contributed by atoms with van der Waals surface area (Å²) in [6, 6.07) is 0. The Balaban J connectivity index is 2.12. The third kappa shape index (κ3) is 4.12. The third-order valence-electron chi connectivity index (χ3n) is 2.54. The molecule has 0 spiro atoms. The van der Waals surface area contributed by atoms with Crippen LogP contribution in [0.2, 0.25) is 0 Å². The minimum absolute atomic E-state index is 0.475. The summed E-state index contributed by atoms with van der Waals surface area (Å²) in [5, 5.41) is 0. The van der Waals surface area contributed by atoms with E-state index in [-0.39, 0.29) is 0 Å². The van der Waals surface area contributed by atoms with Crippen LogP contribution in [0.3, 0.4) is 0 Å². The highest BCUT2D eigenvalue weighted by molar-refractivity contribution is 4.83. The van der Waals surface area contributed by atoms with Gasteiger partial charge in [-0.2, -0.15) is 0 Å². The van der Waals surface area contributed by atoms with Crippen LogP contribution in [-0.4, -0.2) is 24.5 Å². The molecule has 0 N–H and O–H groups in total. The Bertz CT molecular complexity index is 149. The second-order valence-electron chi connectivity index (χ2n) is 6.25. The zero-order chi connectivity index (χ0) is 10.1. The van der Waals surface area contributed by atoms with Gasteiger partial charge in [0, 0.05) is 19.6 Å². The van der Waals surface area contributed by atoms with Gasteiger partial charge in [0.25, 0.3) is 0 Å². The molecule has 78 valence electrons. The molecule has 1 aliphatic heterocycles. The van der Waals surface area contributed by atoms with Gasteiger partial charge in [-0.1, -0.05) is 34.6 Å². The number of rotatable bonds is 3.